The Balaban J connectivity index is 1.97. The molecule has 1 N–H and O–H groups in total. The fourth-order valence-corrected chi connectivity index (χ4v) is 1.81. The first-order valence-electron chi connectivity index (χ1n) is 4.52. The van der Waals surface area contributed by atoms with Crippen molar-refractivity contribution in [2.24, 2.45) is 0 Å². The van der Waals surface area contributed by atoms with Gasteiger partial charge in [-0.25, -0.2) is 4.79 Å². The topological polar surface area (TPSA) is 72.6 Å². The zero-order chi connectivity index (χ0) is 11.5. The van der Waals surface area contributed by atoms with Gasteiger partial charge in [0.15, 0.2) is 0 Å². The number of carboxylic acid groups (broad SMARTS) is 1. The molecule has 16 heavy (non-hydrogen) atoms. The van der Waals surface area contributed by atoms with Crippen LogP contribution in [0.15, 0.2) is 22.0 Å². The van der Waals surface area contributed by atoms with Gasteiger partial charge >= 0.3 is 5.97 Å². The van der Waals surface area contributed by atoms with Gasteiger partial charge in [0.25, 0.3) is 0 Å². The van der Waals surface area contributed by atoms with E-state index >= 15 is 0 Å². The van der Waals surface area contributed by atoms with E-state index in [1.807, 2.05) is 0 Å². The van der Waals surface area contributed by atoms with E-state index in [1.165, 1.54) is 6.07 Å². The summed E-state index contributed by atoms with van der Waals surface area (Å²) in [6.07, 6.45) is 0. The molecule has 2 aromatic heterocycles. The van der Waals surface area contributed by atoms with Crippen LogP contribution in [0.1, 0.15) is 21.1 Å². The molecule has 0 saturated heterocycles. The number of rotatable bonds is 4. The molecule has 5 nitrogen and oxygen atoms in total. The molecule has 0 saturated carbocycles. The SMILES string of the molecule is Cc1cc(COc2csc(C(=O)O)c2)no1. The predicted octanol–water partition coefficient (Wildman–Crippen LogP) is 2.32. The number of hydrogen-bond donors (Lipinski definition) is 1. The van der Waals surface area contributed by atoms with E-state index in [4.69, 9.17) is 14.4 Å². The van der Waals surface area contributed by atoms with Gasteiger partial charge < -0.3 is 14.4 Å². The molecule has 0 unspecified atom stereocenters. The second-order valence-electron chi connectivity index (χ2n) is 3.17. The highest BCUT2D eigenvalue weighted by Crippen LogP contribution is 2.22. The molecule has 0 spiro atoms. The minimum absolute atomic E-state index is 0.256. The molecule has 0 aromatic carbocycles. The third-order valence-electron chi connectivity index (χ3n) is 1.85. The van der Waals surface area contributed by atoms with E-state index in [2.05, 4.69) is 5.16 Å². The molecule has 2 aromatic rings. The van der Waals surface area contributed by atoms with E-state index < -0.39 is 5.97 Å². The molecule has 2 rings (SSSR count). The van der Waals surface area contributed by atoms with Crippen LogP contribution in [0.5, 0.6) is 5.75 Å². The van der Waals surface area contributed by atoms with Crippen LogP contribution in [-0.2, 0) is 6.61 Å². The molecule has 6 heteroatoms. The quantitative estimate of drug-likeness (QED) is 0.886. The van der Waals surface area contributed by atoms with Crippen molar-refractivity contribution in [2.45, 2.75) is 13.5 Å². The molecule has 0 amide bonds. The first kappa shape index (κ1) is 10.7. The Bertz CT molecular complexity index is 502. The van der Waals surface area contributed by atoms with Crippen molar-refractivity contribution in [1.82, 2.24) is 5.16 Å². The molecule has 84 valence electrons. The highest BCUT2D eigenvalue weighted by molar-refractivity contribution is 7.12. The standard InChI is InChI=1S/C10H9NO4S/c1-6-2-7(11-15-6)4-14-8-3-9(10(12)13)16-5-8/h2-3,5H,4H2,1H3,(H,12,13). The highest BCUT2D eigenvalue weighted by Gasteiger charge is 2.08. The Hall–Kier alpha value is -1.82. The first-order chi connectivity index (χ1) is 7.65. The monoisotopic (exact) mass is 239 g/mol. The van der Waals surface area contributed by atoms with Gasteiger partial charge in [0.1, 0.15) is 28.7 Å². The van der Waals surface area contributed by atoms with Crippen LogP contribution in [0.2, 0.25) is 0 Å². The summed E-state index contributed by atoms with van der Waals surface area (Å²) in [6, 6.07) is 3.25. The van der Waals surface area contributed by atoms with Gasteiger partial charge in [0.2, 0.25) is 0 Å². The van der Waals surface area contributed by atoms with Gasteiger partial charge in [-0.1, -0.05) is 5.16 Å². The Kier molecular flexibility index (Phi) is 2.91. The number of carboxylic acids is 1. The summed E-state index contributed by atoms with van der Waals surface area (Å²) in [6.45, 7) is 2.07. The third-order valence-corrected chi connectivity index (χ3v) is 2.75. The summed E-state index contributed by atoms with van der Waals surface area (Å²) < 4.78 is 10.2. The van der Waals surface area contributed by atoms with Gasteiger partial charge in [-0.05, 0) is 6.92 Å². The number of ether oxygens (including phenoxy) is 1. The van der Waals surface area contributed by atoms with E-state index in [-0.39, 0.29) is 11.5 Å². The lowest BCUT2D eigenvalue weighted by molar-refractivity contribution is 0.0702. The van der Waals surface area contributed by atoms with Gasteiger partial charge in [-0.2, -0.15) is 0 Å². The number of nitrogens with zero attached hydrogens (tertiary/aromatic N) is 1. The average molecular weight is 239 g/mol. The molecule has 0 bridgehead atoms. The Morgan fingerprint density at radius 3 is 3.00 bits per heavy atom. The summed E-state index contributed by atoms with van der Waals surface area (Å²) >= 11 is 1.13. The number of carbonyl (C=O) groups is 1. The number of aromatic carboxylic acids is 1. The predicted molar refractivity (Wildman–Crippen MR) is 56.9 cm³/mol. The van der Waals surface area contributed by atoms with Gasteiger partial charge in [-0.15, -0.1) is 11.3 Å². The van der Waals surface area contributed by atoms with E-state index in [0.29, 0.717) is 11.4 Å². The summed E-state index contributed by atoms with van der Waals surface area (Å²) in [5, 5.41) is 14.1. The van der Waals surface area contributed by atoms with E-state index in [0.717, 1.165) is 17.1 Å². The Labute approximate surface area is 95.3 Å². The van der Waals surface area contributed by atoms with Gasteiger partial charge in [-0.3, -0.25) is 0 Å². The summed E-state index contributed by atoms with van der Waals surface area (Å²) in [4.78, 5) is 10.9. The van der Waals surface area contributed by atoms with Crippen LogP contribution in [0, 0.1) is 6.92 Å². The molecule has 0 aliphatic carbocycles. The average Bonchev–Trinajstić information content (AvgIpc) is 2.83. The maximum atomic E-state index is 10.6. The zero-order valence-electron chi connectivity index (χ0n) is 8.47. The van der Waals surface area contributed by atoms with Crippen LogP contribution in [0.4, 0.5) is 0 Å². The summed E-state index contributed by atoms with van der Waals surface area (Å²) in [5.41, 5.74) is 0.681. The number of thiophene rings is 1. The van der Waals surface area contributed by atoms with Crippen LogP contribution in [-0.4, -0.2) is 16.2 Å². The van der Waals surface area contributed by atoms with Crippen LogP contribution in [0.3, 0.4) is 0 Å². The Morgan fingerprint density at radius 2 is 2.44 bits per heavy atom. The van der Waals surface area contributed by atoms with Crippen molar-refractivity contribution >= 4 is 17.3 Å². The van der Waals surface area contributed by atoms with Gasteiger partial charge in [0, 0.05) is 17.5 Å². The fourth-order valence-electron chi connectivity index (χ4n) is 1.15. The minimum atomic E-state index is -0.947. The molecular weight excluding hydrogens is 230 g/mol. The van der Waals surface area contributed by atoms with Crippen LogP contribution < -0.4 is 4.74 Å². The largest absolute Gasteiger partial charge is 0.486 e. The van der Waals surface area contributed by atoms with Crippen LogP contribution >= 0.6 is 11.3 Å². The normalized spacial score (nSPS) is 10.3. The first-order valence-corrected chi connectivity index (χ1v) is 5.40. The zero-order valence-corrected chi connectivity index (χ0v) is 9.28. The van der Waals surface area contributed by atoms with Crippen molar-refractivity contribution in [3.63, 3.8) is 0 Å². The van der Waals surface area contributed by atoms with E-state index in [1.54, 1.807) is 18.4 Å². The lowest BCUT2D eigenvalue weighted by Crippen LogP contribution is -1.94. The Morgan fingerprint density at radius 1 is 1.62 bits per heavy atom. The van der Waals surface area contributed by atoms with Crippen LogP contribution in [0.25, 0.3) is 0 Å². The summed E-state index contributed by atoms with van der Waals surface area (Å²) in [5.74, 6) is 0.301. The number of aryl methyl sites for hydroxylation is 1. The number of aromatic nitrogens is 1. The molecule has 0 radical (unpaired) electrons. The molecule has 2 heterocycles. The number of hydrogen-bond acceptors (Lipinski definition) is 5. The van der Waals surface area contributed by atoms with Crippen molar-refractivity contribution in [1.29, 1.82) is 0 Å². The molecule has 0 fully saturated rings. The lowest BCUT2D eigenvalue weighted by atomic mass is 10.4. The second-order valence-corrected chi connectivity index (χ2v) is 4.08. The summed E-state index contributed by atoms with van der Waals surface area (Å²) in [7, 11) is 0. The van der Waals surface area contributed by atoms with Crippen molar-refractivity contribution in [2.75, 3.05) is 0 Å². The molecule has 0 aliphatic heterocycles. The lowest BCUT2D eigenvalue weighted by Gasteiger charge is -1.98. The van der Waals surface area contributed by atoms with E-state index in [9.17, 15) is 4.79 Å². The molecule has 0 aliphatic rings. The highest BCUT2D eigenvalue weighted by atomic mass is 32.1. The molecule has 0 atom stereocenters. The van der Waals surface area contributed by atoms with Crippen molar-refractivity contribution in [3.8, 4) is 5.75 Å². The fraction of sp³-hybridized carbons (Fsp3) is 0.200. The van der Waals surface area contributed by atoms with Crippen molar-refractivity contribution < 1.29 is 19.2 Å². The minimum Gasteiger partial charge on any atom is -0.486 e. The maximum Gasteiger partial charge on any atom is 0.346 e. The van der Waals surface area contributed by atoms with Crippen molar-refractivity contribution in [3.05, 3.63) is 33.8 Å². The van der Waals surface area contributed by atoms with Gasteiger partial charge in [0.05, 0.1) is 0 Å². The smallest absolute Gasteiger partial charge is 0.346 e. The molecular formula is C10H9NO4S. The second kappa shape index (κ2) is 4.36. The third kappa shape index (κ3) is 2.40. The maximum absolute atomic E-state index is 10.6.